The summed E-state index contributed by atoms with van der Waals surface area (Å²) >= 11 is 0. The predicted octanol–water partition coefficient (Wildman–Crippen LogP) is 3.45. The molecule has 0 aromatic heterocycles. The number of halogens is 3. The molecular formula is C15H10F3N2O4-. The highest BCUT2D eigenvalue weighted by atomic mass is 19.4. The number of non-ortho nitro benzene ring substituents is 1. The molecule has 0 aliphatic carbocycles. The Kier molecular flexibility index (Phi) is 4.72. The Labute approximate surface area is 134 Å². The maximum atomic E-state index is 12.6. The number of hydrogen-bond donors (Lipinski definition) is 0. The van der Waals surface area contributed by atoms with Crippen molar-refractivity contribution in [3.63, 3.8) is 0 Å². The number of ether oxygens (including phenoxy) is 1. The summed E-state index contributed by atoms with van der Waals surface area (Å²) in [6, 6.07) is 6.10. The van der Waals surface area contributed by atoms with E-state index in [1.54, 1.807) is 0 Å². The molecule has 2 rings (SSSR count). The van der Waals surface area contributed by atoms with Gasteiger partial charge in [0.05, 0.1) is 29.4 Å². The zero-order valence-corrected chi connectivity index (χ0v) is 12.2. The lowest BCUT2D eigenvalue weighted by molar-refractivity contribution is -0.385. The molecular weight excluding hydrogens is 329 g/mol. The van der Waals surface area contributed by atoms with E-state index < -0.39 is 28.1 Å². The summed E-state index contributed by atoms with van der Waals surface area (Å²) in [6.45, 7) is 0. The van der Waals surface area contributed by atoms with E-state index in [9.17, 15) is 28.4 Å². The van der Waals surface area contributed by atoms with Crippen LogP contribution in [-0.2, 0) is 6.18 Å². The van der Waals surface area contributed by atoms with Crippen LogP contribution in [0, 0.1) is 10.1 Å². The summed E-state index contributed by atoms with van der Waals surface area (Å²) in [7, 11) is 1.17. The summed E-state index contributed by atoms with van der Waals surface area (Å²) < 4.78 is 42.7. The van der Waals surface area contributed by atoms with E-state index in [0.29, 0.717) is 0 Å². The third-order valence-corrected chi connectivity index (χ3v) is 3.03. The van der Waals surface area contributed by atoms with Gasteiger partial charge in [0.15, 0.2) is 0 Å². The molecule has 0 fully saturated rings. The highest BCUT2D eigenvalue weighted by molar-refractivity contribution is 5.87. The topological polar surface area (TPSA) is 87.8 Å². The summed E-state index contributed by atoms with van der Waals surface area (Å²) in [5.41, 5.74) is -1.50. The molecule has 0 radical (unpaired) electrons. The molecule has 0 unspecified atom stereocenters. The monoisotopic (exact) mass is 339 g/mol. The Balaban J connectivity index is 2.42. The largest absolute Gasteiger partial charge is 0.870 e. The van der Waals surface area contributed by atoms with E-state index in [1.165, 1.54) is 19.2 Å². The van der Waals surface area contributed by atoms with Crippen LogP contribution in [0.15, 0.2) is 41.4 Å². The molecule has 0 N–H and O–H groups in total. The zero-order valence-electron chi connectivity index (χ0n) is 12.2. The minimum Gasteiger partial charge on any atom is -0.870 e. The number of aliphatic imine (C=N–C) groups is 1. The molecule has 0 bridgehead atoms. The SMILES string of the molecule is COc1cc([N+](=O)[O-])cc(C=Nc2cccc(C(F)(F)F)c2)c1[O-]. The van der Waals surface area contributed by atoms with Crippen LogP contribution in [0.2, 0.25) is 0 Å². The van der Waals surface area contributed by atoms with Gasteiger partial charge in [0.2, 0.25) is 0 Å². The van der Waals surface area contributed by atoms with Gasteiger partial charge in [0, 0.05) is 12.3 Å². The Hall–Kier alpha value is -3.10. The van der Waals surface area contributed by atoms with Gasteiger partial charge in [-0.1, -0.05) is 11.8 Å². The maximum Gasteiger partial charge on any atom is 0.416 e. The van der Waals surface area contributed by atoms with Crippen LogP contribution in [0.1, 0.15) is 11.1 Å². The highest BCUT2D eigenvalue weighted by Gasteiger charge is 2.30. The summed E-state index contributed by atoms with van der Waals surface area (Å²) in [6.07, 6.45) is -3.56. The van der Waals surface area contributed by atoms with Crippen LogP contribution >= 0.6 is 0 Å². The van der Waals surface area contributed by atoms with Crippen LogP contribution < -0.4 is 9.84 Å². The van der Waals surface area contributed by atoms with Crippen LogP contribution in [0.5, 0.6) is 11.5 Å². The molecule has 9 heteroatoms. The van der Waals surface area contributed by atoms with Gasteiger partial charge < -0.3 is 9.84 Å². The minimum absolute atomic E-state index is 0.0466. The van der Waals surface area contributed by atoms with Crippen molar-refractivity contribution in [2.24, 2.45) is 4.99 Å². The second kappa shape index (κ2) is 6.57. The minimum atomic E-state index is -4.52. The van der Waals surface area contributed by atoms with Crippen molar-refractivity contribution in [2.45, 2.75) is 6.18 Å². The standard InChI is InChI=1S/C15H11F3N2O4/c1-24-13-7-12(20(22)23)5-9(14(13)21)8-19-11-4-2-3-10(6-11)15(16,17)18/h2-8,21H,1H3/p-1. The fourth-order valence-corrected chi connectivity index (χ4v) is 1.87. The molecule has 6 nitrogen and oxygen atoms in total. The zero-order chi connectivity index (χ0) is 17.9. The van der Waals surface area contributed by atoms with Crippen LogP contribution in [0.4, 0.5) is 24.5 Å². The van der Waals surface area contributed by atoms with E-state index in [2.05, 4.69) is 4.99 Å². The Morgan fingerprint density at radius 1 is 1.25 bits per heavy atom. The quantitative estimate of drug-likeness (QED) is 0.485. The first-order chi connectivity index (χ1) is 11.2. The van der Waals surface area contributed by atoms with Crippen molar-refractivity contribution in [1.82, 2.24) is 0 Å². The van der Waals surface area contributed by atoms with Crippen LogP contribution in [-0.4, -0.2) is 18.2 Å². The van der Waals surface area contributed by atoms with Crippen molar-refractivity contribution in [3.8, 4) is 11.5 Å². The second-order valence-electron chi connectivity index (χ2n) is 4.63. The first kappa shape index (κ1) is 17.3. The van der Waals surface area contributed by atoms with E-state index in [-0.39, 0.29) is 17.0 Å². The number of hydrogen-bond acceptors (Lipinski definition) is 5. The summed E-state index contributed by atoms with van der Waals surface area (Å²) in [5.74, 6) is -0.909. The molecule has 2 aromatic carbocycles. The third kappa shape index (κ3) is 3.80. The molecule has 24 heavy (non-hydrogen) atoms. The van der Waals surface area contributed by atoms with E-state index in [0.717, 1.165) is 30.5 Å². The van der Waals surface area contributed by atoms with Gasteiger partial charge in [-0.2, -0.15) is 13.2 Å². The molecule has 0 saturated carbocycles. The van der Waals surface area contributed by atoms with Crippen molar-refractivity contribution < 1.29 is 27.9 Å². The molecule has 0 spiro atoms. The molecule has 126 valence electrons. The van der Waals surface area contributed by atoms with Crippen molar-refractivity contribution in [1.29, 1.82) is 0 Å². The van der Waals surface area contributed by atoms with Crippen LogP contribution in [0.3, 0.4) is 0 Å². The third-order valence-electron chi connectivity index (χ3n) is 3.03. The lowest BCUT2D eigenvalue weighted by Gasteiger charge is -2.15. The first-order valence-corrected chi connectivity index (χ1v) is 6.47. The van der Waals surface area contributed by atoms with Gasteiger partial charge in [-0.15, -0.1) is 0 Å². The number of alkyl halides is 3. The van der Waals surface area contributed by atoms with Gasteiger partial charge in [-0.25, -0.2) is 0 Å². The number of nitro groups is 1. The Morgan fingerprint density at radius 2 is 1.96 bits per heavy atom. The molecule has 0 saturated heterocycles. The van der Waals surface area contributed by atoms with Crippen molar-refractivity contribution in [3.05, 3.63) is 57.6 Å². The average molecular weight is 339 g/mol. The van der Waals surface area contributed by atoms with Gasteiger partial charge in [-0.3, -0.25) is 15.1 Å². The first-order valence-electron chi connectivity index (χ1n) is 6.47. The van der Waals surface area contributed by atoms with E-state index in [1.807, 2.05) is 0 Å². The summed E-state index contributed by atoms with van der Waals surface area (Å²) in [5, 5.41) is 22.8. The molecule has 0 heterocycles. The molecule has 0 aliphatic heterocycles. The predicted molar refractivity (Wildman–Crippen MR) is 77.8 cm³/mol. The maximum absolute atomic E-state index is 12.6. The van der Waals surface area contributed by atoms with E-state index in [4.69, 9.17) is 4.74 Å². The van der Waals surface area contributed by atoms with Crippen LogP contribution in [0.25, 0.3) is 0 Å². The average Bonchev–Trinajstić information content (AvgIpc) is 2.53. The lowest BCUT2D eigenvalue weighted by Crippen LogP contribution is -2.04. The second-order valence-corrected chi connectivity index (χ2v) is 4.63. The Morgan fingerprint density at radius 3 is 2.54 bits per heavy atom. The number of methoxy groups -OCH3 is 1. The number of benzene rings is 2. The van der Waals surface area contributed by atoms with Crippen molar-refractivity contribution >= 4 is 17.6 Å². The lowest BCUT2D eigenvalue weighted by atomic mass is 10.1. The van der Waals surface area contributed by atoms with Gasteiger partial charge in [0.25, 0.3) is 5.69 Å². The van der Waals surface area contributed by atoms with Crippen molar-refractivity contribution in [2.75, 3.05) is 7.11 Å². The highest BCUT2D eigenvalue weighted by Crippen LogP contribution is 2.33. The number of nitrogens with zero attached hydrogens (tertiary/aromatic N) is 2. The van der Waals surface area contributed by atoms with Gasteiger partial charge in [-0.05, 0) is 23.8 Å². The normalized spacial score (nSPS) is 11.7. The summed E-state index contributed by atoms with van der Waals surface area (Å²) in [4.78, 5) is 13.9. The fraction of sp³-hybridized carbons (Fsp3) is 0.133. The number of nitro benzene ring substituents is 1. The van der Waals surface area contributed by atoms with Gasteiger partial charge >= 0.3 is 6.18 Å². The van der Waals surface area contributed by atoms with E-state index >= 15 is 0 Å². The smallest absolute Gasteiger partial charge is 0.416 e. The molecule has 0 atom stereocenters. The molecule has 2 aromatic rings. The van der Waals surface area contributed by atoms with Gasteiger partial charge in [0.1, 0.15) is 5.75 Å². The molecule has 0 aliphatic rings. The number of rotatable bonds is 4. The Bertz CT molecular complexity index is 804. The molecule has 0 amide bonds. The fourth-order valence-electron chi connectivity index (χ4n) is 1.87.